The molecule has 0 saturated carbocycles. The predicted octanol–water partition coefficient (Wildman–Crippen LogP) is 3.51. The molecular formula is C14H19BrO3. The smallest absolute Gasteiger partial charge is 0.306 e. The number of carboxylic acids is 1. The number of halogens is 1. The van der Waals surface area contributed by atoms with Gasteiger partial charge >= 0.3 is 5.97 Å². The zero-order valence-electron chi connectivity index (χ0n) is 10.6. The minimum Gasteiger partial charge on any atom is -0.481 e. The third kappa shape index (κ3) is 5.65. The van der Waals surface area contributed by atoms with Crippen LogP contribution in [-0.4, -0.2) is 24.3 Å². The van der Waals surface area contributed by atoms with Crippen molar-refractivity contribution in [2.24, 2.45) is 5.92 Å². The molecule has 0 aliphatic heterocycles. The van der Waals surface area contributed by atoms with E-state index in [4.69, 9.17) is 4.74 Å². The van der Waals surface area contributed by atoms with Crippen LogP contribution in [0.3, 0.4) is 0 Å². The molecule has 1 rings (SSSR count). The molecule has 100 valence electrons. The van der Waals surface area contributed by atoms with E-state index in [0.717, 1.165) is 16.5 Å². The van der Waals surface area contributed by atoms with Crippen LogP contribution in [0.2, 0.25) is 0 Å². The molecule has 0 saturated heterocycles. The topological polar surface area (TPSA) is 46.5 Å². The number of hydrogen-bond acceptors (Lipinski definition) is 2. The van der Waals surface area contributed by atoms with Crippen LogP contribution in [0.5, 0.6) is 0 Å². The molecule has 0 amide bonds. The van der Waals surface area contributed by atoms with Crippen LogP contribution in [-0.2, 0) is 16.0 Å². The summed E-state index contributed by atoms with van der Waals surface area (Å²) < 4.78 is 6.33. The lowest BCUT2D eigenvalue weighted by atomic mass is 9.97. The van der Waals surface area contributed by atoms with E-state index >= 15 is 0 Å². The summed E-state index contributed by atoms with van der Waals surface area (Å²) in [5, 5.41) is 9.19. The third-order valence-electron chi connectivity index (χ3n) is 2.68. The van der Waals surface area contributed by atoms with Gasteiger partial charge in [-0.25, -0.2) is 0 Å². The average Bonchev–Trinajstić information content (AvgIpc) is 2.33. The number of hydrogen-bond donors (Lipinski definition) is 1. The maximum Gasteiger partial charge on any atom is 0.306 e. The minimum absolute atomic E-state index is 0.379. The van der Waals surface area contributed by atoms with Crippen molar-refractivity contribution in [3.63, 3.8) is 0 Å². The Morgan fingerprint density at radius 2 is 2.22 bits per heavy atom. The van der Waals surface area contributed by atoms with Crippen LogP contribution in [0, 0.1) is 5.92 Å². The Morgan fingerprint density at radius 1 is 1.44 bits per heavy atom. The lowest BCUT2D eigenvalue weighted by Gasteiger charge is -2.12. The van der Waals surface area contributed by atoms with E-state index in [1.54, 1.807) is 0 Å². The summed E-state index contributed by atoms with van der Waals surface area (Å²) in [6.07, 6.45) is 2.06. The summed E-state index contributed by atoms with van der Waals surface area (Å²) in [7, 11) is 0. The summed E-state index contributed by atoms with van der Waals surface area (Å²) in [5.41, 5.74) is 1.03. The molecule has 0 radical (unpaired) electrons. The molecule has 1 aromatic carbocycles. The van der Waals surface area contributed by atoms with Crippen molar-refractivity contribution in [3.05, 3.63) is 34.3 Å². The van der Waals surface area contributed by atoms with E-state index in [1.165, 1.54) is 0 Å². The van der Waals surface area contributed by atoms with Crippen LogP contribution < -0.4 is 0 Å². The van der Waals surface area contributed by atoms with Crippen LogP contribution in [0.25, 0.3) is 0 Å². The first-order valence-electron chi connectivity index (χ1n) is 6.18. The fourth-order valence-corrected chi connectivity index (χ4v) is 2.18. The molecule has 0 spiro atoms. The number of rotatable bonds is 8. The molecule has 1 unspecified atom stereocenters. The fourth-order valence-electron chi connectivity index (χ4n) is 1.73. The van der Waals surface area contributed by atoms with Crippen molar-refractivity contribution in [2.75, 3.05) is 13.2 Å². The van der Waals surface area contributed by atoms with Gasteiger partial charge in [-0.2, -0.15) is 0 Å². The lowest BCUT2D eigenvalue weighted by molar-refractivity contribution is -0.142. The summed E-state index contributed by atoms with van der Waals surface area (Å²) in [4.78, 5) is 11.2. The van der Waals surface area contributed by atoms with Crippen LogP contribution in [0.4, 0.5) is 0 Å². The molecule has 0 heterocycles. The van der Waals surface area contributed by atoms with Crippen LogP contribution in [0.15, 0.2) is 28.7 Å². The molecule has 3 nitrogen and oxygen atoms in total. The average molecular weight is 315 g/mol. The molecular weight excluding hydrogens is 296 g/mol. The maximum atomic E-state index is 11.2. The molecule has 0 aliphatic rings. The quantitative estimate of drug-likeness (QED) is 0.747. The SMILES string of the molecule is CCCOCCC(Cc1cccc(Br)c1)C(=O)O. The summed E-state index contributed by atoms with van der Waals surface area (Å²) in [6.45, 7) is 3.25. The van der Waals surface area contributed by atoms with Crippen molar-refractivity contribution in [1.82, 2.24) is 0 Å². The molecule has 0 aliphatic carbocycles. The lowest BCUT2D eigenvalue weighted by Crippen LogP contribution is -2.18. The number of carbonyl (C=O) groups is 1. The molecule has 0 bridgehead atoms. The second-order valence-electron chi connectivity index (χ2n) is 4.27. The Kier molecular flexibility index (Phi) is 6.98. The molecule has 1 aromatic rings. The van der Waals surface area contributed by atoms with Gasteiger partial charge in [-0.05, 0) is 37.0 Å². The van der Waals surface area contributed by atoms with Gasteiger partial charge in [0.05, 0.1) is 5.92 Å². The second kappa shape index (κ2) is 8.27. The Labute approximate surface area is 116 Å². The highest BCUT2D eigenvalue weighted by Gasteiger charge is 2.17. The van der Waals surface area contributed by atoms with E-state index in [9.17, 15) is 9.90 Å². The highest BCUT2D eigenvalue weighted by atomic mass is 79.9. The molecule has 0 fully saturated rings. The number of carboxylic acid groups (broad SMARTS) is 1. The van der Waals surface area contributed by atoms with Gasteiger partial charge in [0.25, 0.3) is 0 Å². The zero-order valence-corrected chi connectivity index (χ0v) is 12.1. The fraction of sp³-hybridized carbons (Fsp3) is 0.500. The van der Waals surface area contributed by atoms with E-state index in [2.05, 4.69) is 15.9 Å². The van der Waals surface area contributed by atoms with E-state index in [1.807, 2.05) is 31.2 Å². The standard InChI is InChI=1S/C14H19BrO3/c1-2-7-18-8-6-12(14(16)17)9-11-4-3-5-13(15)10-11/h3-5,10,12H,2,6-9H2,1H3,(H,16,17). The van der Waals surface area contributed by atoms with Gasteiger partial charge in [0.1, 0.15) is 0 Å². The zero-order chi connectivity index (χ0) is 13.4. The predicted molar refractivity (Wildman–Crippen MR) is 74.7 cm³/mol. The van der Waals surface area contributed by atoms with Crippen molar-refractivity contribution >= 4 is 21.9 Å². The van der Waals surface area contributed by atoms with E-state index in [0.29, 0.717) is 26.1 Å². The van der Waals surface area contributed by atoms with E-state index in [-0.39, 0.29) is 5.92 Å². The molecule has 18 heavy (non-hydrogen) atoms. The minimum atomic E-state index is -0.755. The first-order valence-corrected chi connectivity index (χ1v) is 6.97. The highest BCUT2D eigenvalue weighted by molar-refractivity contribution is 9.10. The van der Waals surface area contributed by atoms with Gasteiger partial charge in [0.2, 0.25) is 0 Å². The van der Waals surface area contributed by atoms with Crippen molar-refractivity contribution < 1.29 is 14.6 Å². The van der Waals surface area contributed by atoms with Gasteiger partial charge in [-0.1, -0.05) is 35.0 Å². The third-order valence-corrected chi connectivity index (χ3v) is 3.17. The highest BCUT2D eigenvalue weighted by Crippen LogP contribution is 2.17. The summed E-state index contributed by atoms with van der Waals surface area (Å²) in [5.74, 6) is -1.13. The Balaban J connectivity index is 2.50. The van der Waals surface area contributed by atoms with Crippen LogP contribution in [0.1, 0.15) is 25.3 Å². The van der Waals surface area contributed by atoms with Crippen molar-refractivity contribution in [3.8, 4) is 0 Å². The van der Waals surface area contributed by atoms with Crippen LogP contribution >= 0.6 is 15.9 Å². The van der Waals surface area contributed by atoms with Gasteiger partial charge in [0.15, 0.2) is 0 Å². The van der Waals surface area contributed by atoms with Gasteiger partial charge in [-0.15, -0.1) is 0 Å². The molecule has 0 aromatic heterocycles. The number of aliphatic carboxylic acids is 1. The summed E-state index contributed by atoms with van der Waals surface area (Å²) >= 11 is 3.39. The van der Waals surface area contributed by atoms with Gasteiger partial charge in [0, 0.05) is 17.7 Å². The van der Waals surface area contributed by atoms with Gasteiger partial charge in [-0.3, -0.25) is 4.79 Å². The second-order valence-corrected chi connectivity index (χ2v) is 5.19. The number of ether oxygens (including phenoxy) is 1. The van der Waals surface area contributed by atoms with Gasteiger partial charge < -0.3 is 9.84 Å². The number of benzene rings is 1. The Hall–Kier alpha value is -0.870. The monoisotopic (exact) mass is 314 g/mol. The largest absolute Gasteiger partial charge is 0.481 e. The van der Waals surface area contributed by atoms with Crippen molar-refractivity contribution in [2.45, 2.75) is 26.2 Å². The molecule has 1 N–H and O–H groups in total. The molecule has 1 atom stereocenters. The summed E-state index contributed by atoms with van der Waals surface area (Å²) in [6, 6.07) is 7.77. The van der Waals surface area contributed by atoms with Crippen molar-refractivity contribution in [1.29, 1.82) is 0 Å². The maximum absolute atomic E-state index is 11.2. The first kappa shape index (κ1) is 15.2. The Bertz CT molecular complexity index is 379. The normalized spacial score (nSPS) is 12.3. The first-order chi connectivity index (χ1) is 8.63. The van der Waals surface area contributed by atoms with E-state index < -0.39 is 5.97 Å². The molecule has 4 heteroatoms. The Morgan fingerprint density at radius 3 is 2.83 bits per heavy atom.